The van der Waals surface area contributed by atoms with E-state index in [0.29, 0.717) is 12.4 Å². The fraction of sp³-hybridized carbons (Fsp3) is 0.136. The molecule has 0 atom stereocenters. The van der Waals surface area contributed by atoms with Gasteiger partial charge in [-0.15, -0.1) is 0 Å². The Morgan fingerprint density at radius 1 is 0.615 bits per heavy atom. The van der Waals surface area contributed by atoms with Crippen LogP contribution in [0.25, 0.3) is 11.1 Å². The zero-order valence-corrected chi connectivity index (χ0v) is 14.3. The van der Waals surface area contributed by atoms with E-state index < -0.39 is 5.97 Å². The zero-order chi connectivity index (χ0) is 18.0. The van der Waals surface area contributed by atoms with E-state index in [9.17, 15) is 4.79 Å². The molecule has 4 heteroatoms. The number of benzene rings is 3. The highest BCUT2D eigenvalue weighted by atomic mass is 16.6. The van der Waals surface area contributed by atoms with Gasteiger partial charge in [0.15, 0.2) is 6.61 Å². The van der Waals surface area contributed by atoms with Crippen LogP contribution >= 0.6 is 0 Å². The zero-order valence-electron chi connectivity index (χ0n) is 14.3. The van der Waals surface area contributed by atoms with E-state index in [1.165, 1.54) is 0 Å². The molecule has 0 bridgehead atoms. The number of esters is 1. The number of hydrogen-bond donors (Lipinski definition) is 0. The summed E-state index contributed by atoms with van der Waals surface area (Å²) in [6.07, 6.45) is 0. The lowest BCUT2D eigenvalue weighted by Gasteiger charge is -2.09. The van der Waals surface area contributed by atoms with Gasteiger partial charge in [-0.2, -0.15) is 0 Å². The Balaban J connectivity index is 1.37. The smallest absolute Gasteiger partial charge is 0.344 e. The van der Waals surface area contributed by atoms with Crippen LogP contribution in [0.3, 0.4) is 0 Å². The van der Waals surface area contributed by atoms with E-state index in [0.717, 1.165) is 16.9 Å². The number of rotatable bonds is 8. The van der Waals surface area contributed by atoms with Gasteiger partial charge in [-0.25, -0.2) is 4.79 Å². The third-order valence-corrected chi connectivity index (χ3v) is 3.68. The van der Waals surface area contributed by atoms with E-state index in [1.807, 2.05) is 84.9 Å². The molecule has 26 heavy (non-hydrogen) atoms. The van der Waals surface area contributed by atoms with Gasteiger partial charge in [0.1, 0.15) is 24.7 Å². The lowest BCUT2D eigenvalue weighted by Crippen LogP contribution is -2.18. The molecular formula is C22H20O4. The maximum Gasteiger partial charge on any atom is 0.344 e. The summed E-state index contributed by atoms with van der Waals surface area (Å²) in [5.41, 5.74) is 2.23. The van der Waals surface area contributed by atoms with Gasteiger partial charge in [0.25, 0.3) is 0 Å². The average molecular weight is 348 g/mol. The first-order chi connectivity index (χ1) is 12.8. The van der Waals surface area contributed by atoms with Crippen LogP contribution in [0.5, 0.6) is 11.5 Å². The predicted octanol–water partition coefficient (Wildman–Crippen LogP) is 4.35. The van der Waals surface area contributed by atoms with Crippen molar-refractivity contribution in [1.29, 1.82) is 0 Å². The minimum absolute atomic E-state index is 0.129. The molecule has 0 aliphatic carbocycles. The van der Waals surface area contributed by atoms with Crippen LogP contribution in [-0.4, -0.2) is 25.8 Å². The average Bonchev–Trinajstić information content (AvgIpc) is 2.71. The summed E-state index contributed by atoms with van der Waals surface area (Å²) < 4.78 is 16.0. The highest BCUT2D eigenvalue weighted by Gasteiger charge is 2.05. The van der Waals surface area contributed by atoms with Crippen LogP contribution in [0.2, 0.25) is 0 Å². The van der Waals surface area contributed by atoms with Crippen LogP contribution in [0.15, 0.2) is 84.9 Å². The first-order valence-corrected chi connectivity index (χ1v) is 8.43. The second-order valence-corrected chi connectivity index (χ2v) is 5.56. The maximum absolute atomic E-state index is 11.7. The Hall–Kier alpha value is -3.27. The summed E-state index contributed by atoms with van der Waals surface area (Å²) in [4.78, 5) is 11.7. The standard InChI is InChI=1S/C22H20O4/c23-22(25-16-15-24-20-9-5-2-6-10-20)17-26-21-13-11-19(12-14-21)18-7-3-1-4-8-18/h1-14H,15-17H2. The molecule has 4 nitrogen and oxygen atoms in total. The maximum atomic E-state index is 11.7. The van der Waals surface area contributed by atoms with E-state index in [4.69, 9.17) is 14.2 Å². The summed E-state index contributed by atoms with van der Waals surface area (Å²) in [6, 6.07) is 27.1. The second-order valence-electron chi connectivity index (χ2n) is 5.56. The first-order valence-electron chi connectivity index (χ1n) is 8.43. The molecule has 0 radical (unpaired) electrons. The van der Waals surface area contributed by atoms with E-state index in [-0.39, 0.29) is 13.2 Å². The Morgan fingerprint density at radius 3 is 1.88 bits per heavy atom. The Labute approximate surface area is 153 Å². The fourth-order valence-electron chi connectivity index (χ4n) is 2.39. The van der Waals surface area contributed by atoms with E-state index >= 15 is 0 Å². The van der Waals surface area contributed by atoms with Crippen molar-refractivity contribution in [2.45, 2.75) is 0 Å². The largest absolute Gasteiger partial charge is 0.490 e. The number of carbonyl (C=O) groups excluding carboxylic acids is 1. The molecule has 0 amide bonds. The molecule has 0 fully saturated rings. The third kappa shape index (κ3) is 5.38. The molecule has 0 unspecified atom stereocenters. The molecule has 0 aliphatic rings. The lowest BCUT2D eigenvalue weighted by atomic mass is 10.1. The van der Waals surface area contributed by atoms with E-state index in [1.54, 1.807) is 0 Å². The normalized spacial score (nSPS) is 10.2. The summed E-state index contributed by atoms with van der Waals surface area (Å²) in [7, 11) is 0. The monoisotopic (exact) mass is 348 g/mol. The highest BCUT2D eigenvalue weighted by molar-refractivity contribution is 5.71. The van der Waals surface area contributed by atoms with Crippen LogP contribution in [-0.2, 0) is 9.53 Å². The molecule has 0 aromatic heterocycles. The van der Waals surface area contributed by atoms with Gasteiger partial charge in [-0.05, 0) is 35.4 Å². The number of ether oxygens (including phenoxy) is 3. The molecule has 0 saturated carbocycles. The van der Waals surface area contributed by atoms with Crippen LogP contribution in [0.1, 0.15) is 0 Å². The number of para-hydroxylation sites is 1. The summed E-state index contributed by atoms with van der Waals surface area (Å²) in [5.74, 6) is 0.953. The topological polar surface area (TPSA) is 44.8 Å². The van der Waals surface area contributed by atoms with Gasteiger partial charge in [0, 0.05) is 0 Å². The van der Waals surface area contributed by atoms with Crippen molar-refractivity contribution in [3.05, 3.63) is 84.9 Å². The van der Waals surface area contributed by atoms with Crippen molar-refractivity contribution in [1.82, 2.24) is 0 Å². The van der Waals surface area contributed by atoms with Gasteiger partial charge >= 0.3 is 5.97 Å². The van der Waals surface area contributed by atoms with Gasteiger partial charge < -0.3 is 14.2 Å². The quantitative estimate of drug-likeness (QED) is 0.448. The van der Waals surface area contributed by atoms with Crippen molar-refractivity contribution < 1.29 is 19.0 Å². The minimum Gasteiger partial charge on any atom is -0.490 e. The van der Waals surface area contributed by atoms with Crippen molar-refractivity contribution in [3.8, 4) is 22.6 Å². The summed E-state index contributed by atoms with van der Waals surface area (Å²) in [5, 5.41) is 0. The molecule has 3 rings (SSSR count). The molecule has 0 heterocycles. The third-order valence-electron chi connectivity index (χ3n) is 3.68. The predicted molar refractivity (Wildman–Crippen MR) is 100 cm³/mol. The highest BCUT2D eigenvalue weighted by Crippen LogP contribution is 2.22. The van der Waals surface area contributed by atoms with E-state index in [2.05, 4.69) is 0 Å². The summed E-state index contributed by atoms with van der Waals surface area (Å²) >= 11 is 0. The van der Waals surface area contributed by atoms with Crippen LogP contribution in [0, 0.1) is 0 Å². The van der Waals surface area contributed by atoms with Gasteiger partial charge in [-0.1, -0.05) is 60.7 Å². The Morgan fingerprint density at radius 2 is 1.19 bits per heavy atom. The molecule has 0 N–H and O–H groups in total. The molecule has 0 aliphatic heterocycles. The van der Waals surface area contributed by atoms with Crippen molar-refractivity contribution in [3.63, 3.8) is 0 Å². The second kappa shape index (κ2) is 9.28. The number of hydrogen-bond acceptors (Lipinski definition) is 4. The fourth-order valence-corrected chi connectivity index (χ4v) is 2.39. The molecule has 132 valence electrons. The van der Waals surface area contributed by atoms with Crippen molar-refractivity contribution >= 4 is 5.97 Å². The summed E-state index contributed by atoms with van der Waals surface area (Å²) in [6.45, 7) is 0.363. The minimum atomic E-state index is -0.422. The van der Waals surface area contributed by atoms with Gasteiger partial charge in [0.2, 0.25) is 0 Å². The number of carbonyl (C=O) groups is 1. The molecule has 0 saturated heterocycles. The Bertz CT molecular complexity index is 799. The first kappa shape index (κ1) is 17.5. The molecule has 0 spiro atoms. The molecule has 3 aromatic rings. The SMILES string of the molecule is O=C(COc1ccc(-c2ccccc2)cc1)OCCOc1ccccc1. The lowest BCUT2D eigenvalue weighted by molar-refractivity contribution is -0.146. The molecule has 3 aromatic carbocycles. The van der Waals surface area contributed by atoms with Crippen molar-refractivity contribution in [2.75, 3.05) is 19.8 Å². The van der Waals surface area contributed by atoms with Gasteiger partial charge in [-0.3, -0.25) is 0 Å². The van der Waals surface area contributed by atoms with Crippen LogP contribution < -0.4 is 9.47 Å². The Kier molecular flexibility index (Phi) is 6.26. The van der Waals surface area contributed by atoms with Crippen molar-refractivity contribution in [2.24, 2.45) is 0 Å². The molecular weight excluding hydrogens is 328 g/mol. The van der Waals surface area contributed by atoms with Crippen LogP contribution in [0.4, 0.5) is 0 Å². The van der Waals surface area contributed by atoms with Gasteiger partial charge in [0.05, 0.1) is 0 Å².